The molecule has 5 nitrogen and oxygen atoms in total. The van der Waals surface area contributed by atoms with E-state index in [1.807, 2.05) is 0 Å². The minimum atomic E-state index is -1.65. The lowest BCUT2D eigenvalue weighted by Crippen LogP contribution is -2.02. The van der Waals surface area contributed by atoms with Crippen molar-refractivity contribution in [1.82, 2.24) is 0 Å². The molecule has 1 atom stereocenters. The van der Waals surface area contributed by atoms with Crippen LogP contribution in [0.1, 0.15) is 5.56 Å². The number of anilines is 1. The Morgan fingerprint density at radius 3 is 2.62 bits per heavy atom. The standard InChI is InChI=1S/C13H10ClFN2O3S/c14-9-1-4-13(17(18)19)8(5-9)7-21(20)10-2-3-12(16)11(15)6-10/h1-6H,7,16H2. The molecule has 110 valence electrons. The number of benzene rings is 2. The van der Waals surface area contributed by atoms with E-state index >= 15 is 0 Å². The molecule has 0 aliphatic rings. The molecule has 0 saturated carbocycles. The molecule has 2 aromatic carbocycles. The van der Waals surface area contributed by atoms with Crippen molar-refractivity contribution in [2.24, 2.45) is 0 Å². The predicted octanol–water partition coefficient (Wildman–Crippen LogP) is 3.28. The van der Waals surface area contributed by atoms with Crippen LogP contribution in [-0.2, 0) is 16.6 Å². The lowest BCUT2D eigenvalue weighted by Gasteiger charge is -2.05. The molecule has 0 aromatic heterocycles. The summed E-state index contributed by atoms with van der Waals surface area (Å²) >= 11 is 5.80. The number of halogens is 2. The summed E-state index contributed by atoms with van der Waals surface area (Å²) in [5, 5.41) is 11.2. The number of nitrogens with zero attached hydrogens (tertiary/aromatic N) is 1. The Hall–Kier alpha value is -1.99. The van der Waals surface area contributed by atoms with Gasteiger partial charge in [-0.3, -0.25) is 14.3 Å². The van der Waals surface area contributed by atoms with Gasteiger partial charge in [-0.25, -0.2) is 4.39 Å². The van der Waals surface area contributed by atoms with Gasteiger partial charge in [0.1, 0.15) is 5.82 Å². The quantitative estimate of drug-likeness (QED) is 0.530. The summed E-state index contributed by atoms with van der Waals surface area (Å²) in [7, 11) is -1.65. The van der Waals surface area contributed by atoms with Crippen molar-refractivity contribution in [2.45, 2.75) is 10.6 Å². The monoisotopic (exact) mass is 328 g/mol. The van der Waals surface area contributed by atoms with Crippen LogP contribution >= 0.6 is 11.6 Å². The third-order valence-electron chi connectivity index (χ3n) is 2.76. The lowest BCUT2D eigenvalue weighted by molar-refractivity contribution is -0.385. The lowest BCUT2D eigenvalue weighted by atomic mass is 10.2. The molecule has 0 amide bonds. The molecule has 2 rings (SSSR count). The maximum absolute atomic E-state index is 13.4. The second-order valence-corrected chi connectivity index (χ2v) is 6.09. The summed E-state index contributed by atoms with van der Waals surface area (Å²) < 4.78 is 25.6. The molecule has 1 unspecified atom stereocenters. The fourth-order valence-corrected chi connectivity index (χ4v) is 3.05. The first-order valence-corrected chi connectivity index (χ1v) is 7.44. The van der Waals surface area contributed by atoms with Gasteiger partial charge in [-0.05, 0) is 30.3 Å². The van der Waals surface area contributed by atoms with E-state index in [-0.39, 0.29) is 27.6 Å². The van der Waals surface area contributed by atoms with Gasteiger partial charge in [0, 0.05) is 21.5 Å². The van der Waals surface area contributed by atoms with Gasteiger partial charge in [0.15, 0.2) is 0 Å². The van der Waals surface area contributed by atoms with Gasteiger partial charge in [0.2, 0.25) is 0 Å². The third-order valence-corrected chi connectivity index (χ3v) is 4.35. The Balaban J connectivity index is 2.33. The highest BCUT2D eigenvalue weighted by atomic mass is 35.5. The summed E-state index contributed by atoms with van der Waals surface area (Å²) in [5.74, 6) is -0.818. The van der Waals surface area contributed by atoms with Gasteiger partial charge in [0.05, 0.1) is 27.2 Å². The molecule has 2 N–H and O–H groups in total. The van der Waals surface area contributed by atoms with Crippen LogP contribution in [0.25, 0.3) is 0 Å². The largest absolute Gasteiger partial charge is 0.396 e. The Labute approximate surface area is 127 Å². The zero-order valence-electron chi connectivity index (χ0n) is 10.6. The fraction of sp³-hybridized carbons (Fsp3) is 0.0769. The van der Waals surface area contributed by atoms with Crippen molar-refractivity contribution < 1.29 is 13.5 Å². The normalized spacial score (nSPS) is 12.1. The van der Waals surface area contributed by atoms with Crippen LogP contribution in [0, 0.1) is 15.9 Å². The van der Waals surface area contributed by atoms with Crippen molar-refractivity contribution in [2.75, 3.05) is 5.73 Å². The highest BCUT2D eigenvalue weighted by molar-refractivity contribution is 7.84. The average Bonchev–Trinajstić information content (AvgIpc) is 2.41. The first-order chi connectivity index (χ1) is 9.88. The summed E-state index contributed by atoms with van der Waals surface area (Å²) in [6.45, 7) is 0. The second-order valence-electron chi connectivity index (χ2n) is 4.20. The van der Waals surface area contributed by atoms with Crippen LogP contribution in [0.15, 0.2) is 41.3 Å². The molecule has 0 bridgehead atoms. The summed E-state index contributed by atoms with van der Waals surface area (Å²) in [4.78, 5) is 10.6. The molecule has 0 aliphatic carbocycles. The van der Waals surface area contributed by atoms with E-state index in [2.05, 4.69) is 0 Å². The summed E-state index contributed by atoms with van der Waals surface area (Å²) in [6.07, 6.45) is 0. The molecule has 0 saturated heterocycles. The number of nitro benzene ring substituents is 1. The van der Waals surface area contributed by atoms with Crippen molar-refractivity contribution in [3.63, 3.8) is 0 Å². The van der Waals surface area contributed by atoms with Crippen LogP contribution in [0.3, 0.4) is 0 Å². The molecule has 8 heteroatoms. The van der Waals surface area contributed by atoms with Gasteiger partial charge in [-0.2, -0.15) is 0 Å². The Bertz CT molecular complexity index is 739. The van der Waals surface area contributed by atoms with Gasteiger partial charge in [-0.15, -0.1) is 0 Å². The minimum Gasteiger partial charge on any atom is -0.396 e. The van der Waals surface area contributed by atoms with Crippen LogP contribution in [0.5, 0.6) is 0 Å². The molecule has 0 fully saturated rings. The van der Waals surface area contributed by atoms with Crippen molar-refractivity contribution in [1.29, 1.82) is 0 Å². The number of rotatable bonds is 4. The highest BCUT2D eigenvalue weighted by Gasteiger charge is 2.17. The maximum Gasteiger partial charge on any atom is 0.273 e. The van der Waals surface area contributed by atoms with Crippen molar-refractivity contribution in [3.05, 3.63) is 62.9 Å². The Kier molecular flexibility index (Phi) is 4.54. The number of hydrogen-bond donors (Lipinski definition) is 1. The van der Waals surface area contributed by atoms with Gasteiger partial charge < -0.3 is 5.73 Å². The van der Waals surface area contributed by atoms with Crippen LogP contribution in [0.2, 0.25) is 5.02 Å². The zero-order valence-corrected chi connectivity index (χ0v) is 12.2. The molecule has 0 spiro atoms. The van der Waals surface area contributed by atoms with E-state index in [1.165, 1.54) is 30.3 Å². The molecule has 21 heavy (non-hydrogen) atoms. The van der Waals surface area contributed by atoms with Gasteiger partial charge in [0.25, 0.3) is 5.69 Å². The molecule has 2 aromatic rings. The smallest absolute Gasteiger partial charge is 0.273 e. The molecule has 0 aliphatic heterocycles. The first kappa shape index (κ1) is 15.4. The van der Waals surface area contributed by atoms with Crippen molar-refractivity contribution >= 4 is 33.8 Å². The SMILES string of the molecule is Nc1ccc(S(=O)Cc2cc(Cl)ccc2[N+](=O)[O-])cc1F. The fourth-order valence-electron chi connectivity index (χ4n) is 1.72. The van der Waals surface area contributed by atoms with E-state index in [0.29, 0.717) is 5.02 Å². The molecule has 0 radical (unpaired) electrons. The molecule has 0 heterocycles. The van der Waals surface area contributed by atoms with E-state index in [1.54, 1.807) is 0 Å². The van der Waals surface area contributed by atoms with E-state index in [9.17, 15) is 18.7 Å². The average molecular weight is 329 g/mol. The molecular formula is C13H10ClFN2O3S. The number of nitrogen functional groups attached to an aromatic ring is 1. The van der Waals surface area contributed by atoms with E-state index in [4.69, 9.17) is 17.3 Å². The minimum absolute atomic E-state index is 0.0514. The zero-order chi connectivity index (χ0) is 15.6. The number of nitro groups is 1. The maximum atomic E-state index is 13.4. The summed E-state index contributed by atoms with van der Waals surface area (Å²) in [5.41, 5.74) is 5.34. The molecular weight excluding hydrogens is 319 g/mol. The second kappa shape index (κ2) is 6.19. The first-order valence-electron chi connectivity index (χ1n) is 5.74. The van der Waals surface area contributed by atoms with Crippen LogP contribution < -0.4 is 5.73 Å². The highest BCUT2D eigenvalue weighted by Crippen LogP contribution is 2.26. The van der Waals surface area contributed by atoms with E-state index < -0.39 is 21.5 Å². The van der Waals surface area contributed by atoms with Gasteiger partial charge >= 0.3 is 0 Å². The van der Waals surface area contributed by atoms with Crippen LogP contribution in [0.4, 0.5) is 15.8 Å². The van der Waals surface area contributed by atoms with Crippen molar-refractivity contribution in [3.8, 4) is 0 Å². The summed E-state index contributed by atoms with van der Waals surface area (Å²) in [6, 6.07) is 7.79. The topological polar surface area (TPSA) is 86.2 Å². The van der Waals surface area contributed by atoms with E-state index in [0.717, 1.165) is 6.07 Å². The Morgan fingerprint density at radius 2 is 2.00 bits per heavy atom. The third kappa shape index (κ3) is 3.56. The van der Waals surface area contributed by atoms with Gasteiger partial charge in [-0.1, -0.05) is 11.6 Å². The predicted molar refractivity (Wildman–Crippen MR) is 79.0 cm³/mol. The van der Waals surface area contributed by atoms with Crippen LogP contribution in [-0.4, -0.2) is 9.13 Å². The number of nitrogens with two attached hydrogens (primary N) is 1. The number of hydrogen-bond acceptors (Lipinski definition) is 4. The Morgan fingerprint density at radius 1 is 1.29 bits per heavy atom.